The van der Waals surface area contributed by atoms with Crippen molar-refractivity contribution in [2.24, 2.45) is 5.92 Å². The molecule has 0 radical (unpaired) electrons. The first kappa shape index (κ1) is 18.4. The van der Waals surface area contributed by atoms with Gasteiger partial charge in [-0.05, 0) is 52.6 Å². The maximum absolute atomic E-state index is 12.4. The number of sulfonamides is 1. The molecular formula is C13H25ClN4O2S. The van der Waals surface area contributed by atoms with E-state index in [9.17, 15) is 8.42 Å². The molecule has 1 fully saturated rings. The van der Waals surface area contributed by atoms with Crippen LogP contribution in [0.15, 0.2) is 11.2 Å². The first-order valence-electron chi connectivity index (χ1n) is 7.21. The van der Waals surface area contributed by atoms with Crippen LogP contribution >= 0.6 is 12.4 Å². The maximum atomic E-state index is 12.4. The van der Waals surface area contributed by atoms with Crippen molar-refractivity contribution in [3.63, 3.8) is 0 Å². The lowest BCUT2D eigenvalue weighted by Gasteiger charge is -2.28. The lowest BCUT2D eigenvalue weighted by molar-refractivity contribution is 0.320. The highest BCUT2D eigenvalue weighted by Gasteiger charge is 2.26. The number of halogens is 1. The lowest BCUT2D eigenvalue weighted by atomic mass is 9.94. The third-order valence-corrected chi connectivity index (χ3v) is 5.38. The summed E-state index contributed by atoms with van der Waals surface area (Å²) in [6, 6.07) is -0.0834. The molecule has 0 bridgehead atoms. The largest absolute Gasteiger partial charge is 0.334 e. The molecule has 2 N–H and O–H groups in total. The summed E-state index contributed by atoms with van der Waals surface area (Å²) < 4.78 is 29.3. The minimum Gasteiger partial charge on any atom is -0.334 e. The SMILES string of the molecule is CCn1cc(S(=O)(=O)NC(C)C2CCCNC2)nc1C.Cl. The normalized spacial score (nSPS) is 20.8. The van der Waals surface area contributed by atoms with Crippen molar-refractivity contribution >= 4 is 22.4 Å². The summed E-state index contributed by atoms with van der Waals surface area (Å²) in [5.41, 5.74) is 0. The van der Waals surface area contributed by atoms with Gasteiger partial charge in [0.15, 0.2) is 5.03 Å². The van der Waals surface area contributed by atoms with Gasteiger partial charge in [0, 0.05) is 18.8 Å². The van der Waals surface area contributed by atoms with Gasteiger partial charge < -0.3 is 9.88 Å². The van der Waals surface area contributed by atoms with Crippen molar-refractivity contribution in [3.8, 4) is 0 Å². The van der Waals surface area contributed by atoms with Crippen LogP contribution in [0.3, 0.4) is 0 Å². The van der Waals surface area contributed by atoms with E-state index in [0.717, 1.165) is 38.3 Å². The maximum Gasteiger partial charge on any atom is 0.259 e. The number of nitrogens with zero attached hydrogens (tertiary/aromatic N) is 2. The topological polar surface area (TPSA) is 76.0 Å². The van der Waals surface area contributed by atoms with E-state index in [0.29, 0.717) is 5.92 Å². The van der Waals surface area contributed by atoms with Gasteiger partial charge in [0.2, 0.25) is 0 Å². The molecule has 0 spiro atoms. The summed E-state index contributed by atoms with van der Waals surface area (Å²) in [5, 5.41) is 3.43. The molecule has 0 aromatic carbocycles. The first-order valence-corrected chi connectivity index (χ1v) is 8.69. The highest BCUT2D eigenvalue weighted by molar-refractivity contribution is 7.89. The second-order valence-electron chi connectivity index (χ2n) is 5.43. The summed E-state index contributed by atoms with van der Waals surface area (Å²) in [4.78, 5) is 4.15. The summed E-state index contributed by atoms with van der Waals surface area (Å²) in [7, 11) is -3.53. The molecule has 2 rings (SSSR count). The van der Waals surface area contributed by atoms with Gasteiger partial charge in [-0.15, -0.1) is 12.4 Å². The molecule has 0 saturated carbocycles. The van der Waals surface area contributed by atoms with Gasteiger partial charge in [-0.3, -0.25) is 0 Å². The molecule has 0 aliphatic carbocycles. The van der Waals surface area contributed by atoms with Gasteiger partial charge in [-0.1, -0.05) is 0 Å². The number of imidazole rings is 1. The average molecular weight is 337 g/mol. The molecule has 2 unspecified atom stereocenters. The van der Waals surface area contributed by atoms with Crippen molar-refractivity contribution in [1.82, 2.24) is 19.6 Å². The number of aryl methyl sites for hydroxylation is 2. The second-order valence-corrected chi connectivity index (χ2v) is 7.09. The lowest BCUT2D eigenvalue weighted by Crippen LogP contribution is -2.44. The quantitative estimate of drug-likeness (QED) is 0.849. The van der Waals surface area contributed by atoms with Crippen molar-refractivity contribution in [1.29, 1.82) is 0 Å². The van der Waals surface area contributed by atoms with Crippen molar-refractivity contribution in [3.05, 3.63) is 12.0 Å². The zero-order chi connectivity index (χ0) is 14.8. The molecule has 6 nitrogen and oxygen atoms in total. The molecule has 1 aliphatic heterocycles. The molecule has 8 heteroatoms. The zero-order valence-electron chi connectivity index (χ0n) is 12.8. The number of hydrogen-bond acceptors (Lipinski definition) is 4. The van der Waals surface area contributed by atoms with Gasteiger partial charge >= 0.3 is 0 Å². The molecule has 2 heterocycles. The predicted octanol–water partition coefficient (Wildman–Crippen LogP) is 1.30. The molecule has 1 aromatic heterocycles. The molecule has 21 heavy (non-hydrogen) atoms. The third-order valence-electron chi connectivity index (χ3n) is 3.95. The third kappa shape index (κ3) is 4.42. The average Bonchev–Trinajstić information content (AvgIpc) is 2.81. The molecule has 122 valence electrons. The standard InChI is InChI=1S/C13H24N4O2S.ClH/c1-4-17-9-13(15-11(17)3)20(18,19)16-10(2)12-6-5-7-14-8-12;/h9-10,12,14,16H,4-8H2,1-3H3;1H. The minimum absolute atomic E-state index is 0. The fourth-order valence-corrected chi connectivity index (χ4v) is 3.96. The Hall–Kier alpha value is -0.630. The van der Waals surface area contributed by atoms with E-state index in [1.807, 2.05) is 25.3 Å². The highest BCUT2D eigenvalue weighted by atomic mass is 35.5. The number of nitrogens with one attached hydrogen (secondary N) is 2. The van der Waals surface area contributed by atoms with Crippen LogP contribution in [-0.4, -0.2) is 37.1 Å². The molecule has 2 atom stereocenters. The van der Waals surface area contributed by atoms with Crippen LogP contribution in [0.1, 0.15) is 32.5 Å². The molecule has 0 amide bonds. The Bertz CT molecular complexity index is 553. The number of piperidine rings is 1. The zero-order valence-corrected chi connectivity index (χ0v) is 14.4. The van der Waals surface area contributed by atoms with E-state index in [1.165, 1.54) is 0 Å². The summed E-state index contributed by atoms with van der Waals surface area (Å²) >= 11 is 0. The Morgan fingerprint density at radius 2 is 2.29 bits per heavy atom. The Morgan fingerprint density at radius 1 is 1.57 bits per heavy atom. The monoisotopic (exact) mass is 336 g/mol. The predicted molar refractivity (Wildman–Crippen MR) is 85.3 cm³/mol. The number of hydrogen-bond donors (Lipinski definition) is 2. The van der Waals surface area contributed by atoms with Crippen LogP contribution in [-0.2, 0) is 16.6 Å². The molecule has 1 aromatic rings. The Morgan fingerprint density at radius 3 is 2.81 bits per heavy atom. The van der Waals surface area contributed by atoms with Crippen molar-refractivity contribution < 1.29 is 8.42 Å². The van der Waals surface area contributed by atoms with E-state index < -0.39 is 10.0 Å². The van der Waals surface area contributed by atoms with Crippen LogP contribution in [0.25, 0.3) is 0 Å². The van der Waals surface area contributed by atoms with Crippen molar-refractivity contribution in [2.75, 3.05) is 13.1 Å². The van der Waals surface area contributed by atoms with Gasteiger partial charge in [0.25, 0.3) is 10.0 Å². The van der Waals surface area contributed by atoms with E-state index in [1.54, 1.807) is 6.20 Å². The van der Waals surface area contributed by atoms with Gasteiger partial charge in [0.05, 0.1) is 0 Å². The number of rotatable bonds is 5. The van der Waals surface area contributed by atoms with Gasteiger partial charge in [0.1, 0.15) is 5.82 Å². The van der Waals surface area contributed by atoms with Crippen LogP contribution in [0.4, 0.5) is 0 Å². The summed E-state index contributed by atoms with van der Waals surface area (Å²) in [6.45, 7) is 8.32. The van der Waals surface area contributed by atoms with Crippen LogP contribution in [0.2, 0.25) is 0 Å². The highest BCUT2D eigenvalue weighted by Crippen LogP contribution is 2.17. The first-order chi connectivity index (χ1) is 9.44. The van der Waals surface area contributed by atoms with Gasteiger partial charge in [-0.2, -0.15) is 0 Å². The smallest absolute Gasteiger partial charge is 0.259 e. The summed E-state index contributed by atoms with van der Waals surface area (Å²) in [5.74, 6) is 1.06. The molecule has 1 aliphatic rings. The van der Waals surface area contributed by atoms with Crippen LogP contribution in [0.5, 0.6) is 0 Å². The van der Waals surface area contributed by atoms with E-state index in [2.05, 4.69) is 15.0 Å². The Labute approximate surface area is 133 Å². The van der Waals surface area contributed by atoms with Crippen molar-refractivity contribution in [2.45, 2.75) is 51.2 Å². The fraction of sp³-hybridized carbons (Fsp3) is 0.769. The molecule has 1 saturated heterocycles. The number of aromatic nitrogens is 2. The van der Waals surface area contributed by atoms with Gasteiger partial charge in [-0.25, -0.2) is 18.1 Å². The fourth-order valence-electron chi connectivity index (χ4n) is 2.64. The Kier molecular flexibility index (Phi) is 6.65. The summed E-state index contributed by atoms with van der Waals surface area (Å²) in [6.07, 6.45) is 3.75. The van der Waals surface area contributed by atoms with E-state index in [4.69, 9.17) is 0 Å². The van der Waals surface area contributed by atoms with Crippen LogP contribution < -0.4 is 10.0 Å². The van der Waals surface area contributed by atoms with E-state index >= 15 is 0 Å². The van der Waals surface area contributed by atoms with Crippen LogP contribution in [0, 0.1) is 12.8 Å². The second kappa shape index (κ2) is 7.58. The minimum atomic E-state index is -3.53. The Balaban J connectivity index is 0.00000220. The van der Waals surface area contributed by atoms with E-state index in [-0.39, 0.29) is 23.5 Å². The molecular weight excluding hydrogens is 312 g/mol.